The second-order valence-corrected chi connectivity index (χ2v) is 7.81. The fourth-order valence-corrected chi connectivity index (χ4v) is 4.10. The van der Waals surface area contributed by atoms with E-state index in [9.17, 15) is 9.90 Å². The molecular formula is C24H25NO5S. The summed E-state index contributed by atoms with van der Waals surface area (Å²) in [7, 11) is 1.58. The first-order valence-corrected chi connectivity index (χ1v) is 10.7. The maximum absolute atomic E-state index is 12.3. The molecule has 0 aliphatic rings. The molecule has 3 N–H and O–H groups in total. The maximum atomic E-state index is 12.3. The van der Waals surface area contributed by atoms with Crippen LogP contribution in [-0.4, -0.2) is 30.9 Å². The molecule has 6 nitrogen and oxygen atoms in total. The molecule has 0 bridgehead atoms. The number of hydrogen-bond acceptors (Lipinski definition) is 7. The van der Waals surface area contributed by atoms with E-state index in [1.165, 1.54) is 11.8 Å². The van der Waals surface area contributed by atoms with E-state index >= 15 is 0 Å². The van der Waals surface area contributed by atoms with Crippen LogP contribution < -0.4 is 15.2 Å². The van der Waals surface area contributed by atoms with E-state index in [1.54, 1.807) is 56.5 Å². The molecule has 2 unspecified atom stereocenters. The zero-order chi connectivity index (χ0) is 22.2. The molecule has 0 spiro atoms. The highest BCUT2D eigenvalue weighted by Crippen LogP contribution is 2.42. The summed E-state index contributed by atoms with van der Waals surface area (Å²) in [5, 5.41) is 10.1. The topological polar surface area (TPSA) is 91.0 Å². The van der Waals surface area contributed by atoms with Crippen molar-refractivity contribution in [3.8, 4) is 17.2 Å². The van der Waals surface area contributed by atoms with Crippen LogP contribution in [0.2, 0.25) is 0 Å². The van der Waals surface area contributed by atoms with E-state index in [0.29, 0.717) is 27.8 Å². The van der Waals surface area contributed by atoms with Gasteiger partial charge in [0.1, 0.15) is 17.2 Å². The third kappa shape index (κ3) is 5.93. The zero-order valence-electron chi connectivity index (χ0n) is 17.4. The first-order valence-electron chi connectivity index (χ1n) is 9.79. The Labute approximate surface area is 185 Å². The monoisotopic (exact) mass is 439 g/mol. The first kappa shape index (κ1) is 22.5. The predicted octanol–water partition coefficient (Wildman–Crippen LogP) is 4.83. The van der Waals surface area contributed by atoms with Crippen LogP contribution >= 0.6 is 11.8 Å². The Morgan fingerprint density at radius 2 is 1.68 bits per heavy atom. The lowest BCUT2D eigenvalue weighted by Crippen LogP contribution is -2.28. The van der Waals surface area contributed by atoms with Gasteiger partial charge in [-0.1, -0.05) is 30.3 Å². The molecule has 7 heteroatoms. The third-order valence-electron chi connectivity index (χ3n) is 4.48. The van der Waals surface area contributed by atoms with Crippen LogP contribution in [0, 0.1) is 0 Å². The van der Waals surface area contributed by atoms with Gasteiger partial charge < -0.3 is 25.1 Å². The molecule has 0 saturated heterocycles. The summed E-state index contributed by atoms with van der Waals surface area (Å²) in [6, 6.07) is 21.9. The predicted molar refractivity (Wildman–Crippen MR) is 122 cm³/mol. The van der Waals surface area contributed by atoms with Gasteiger partial charge in [0.15, 0.2) is 6.10 Å². The molecule has 31 heavy (non-hydrogen) atoms. The lowest BCUT2D eigenvalue weighted by molar-refractivity contribution is -0.153. The molecule has 0 aliphatic carbocycles. The minimum absolute atomic E-state index is 0.179. The van der Waals surface area contributed by atoms with Gasteiger partial charge in [-0.2, -0.15) is 0 Å². The van der Waals surface area contributed by atoms with Gasteiger partial charge in [-0.25, -0.2) is 4.79 Å². The van der Waals surface area contributed by atoms with E-state index in [2.05, 4.69) is 0 Å². The van der Waals surface area contributed by atoms with Crippen molar-refractivity contribution in [2.75, 3.05) is 19.5 Å². The minimum Gasteiger partial charge on any atom is -0.497 e. The Morgan fingerprint density at radius 3 is 2.32 bits per heavy atom. The number of anilines is 1. The van der Waals surface area contributed by atoms with Crippen molar-refractivity contribution in [1.29, 1.82) is 0 Å². The zero-order valence-corrected chi connectivity index (χ0v) is 18.2. The van der Waals surface area contributed by atoms with E-state index in [4.69, 9.17) is 19.9 Å². The highest BCUT2D eigenvalue weighted by molar-refractivity contribution is 7.99. The second kappa shape index (κ2) is 10.7. The molecule has 3 aromatic rings. The van der Waals surface area contributed by atoms with Crippen molar-refractivity contribution < 1.29 is 24.1 Å². The van der Waals surface area contributed by atoms with E-state index in [1.807, 2.05) is 30.3 Å². The average molecular weight is 440 g/mol. The van der Waals surface area contributed by atoms with Crippen molar-refractivity contribution >= 4 is 23.4 Å². The molecule has 162 valence electrons. The number of methoxy groups -OCH3 is 1. The molecule has 0 fully saturated rings. The van der Waals surface area contributed by atoms with E-state index in [-0.39, 0.29) is 6.61 Å². The summed E-state index contributed by atoms with van der Waals surface area (Å²) >= 11 is 1.27. The Balaban J connectivity index is 1.90. The molecule has 3 aromatic carbocycles. The number of thioether (sulfide) groups is 1. The van der Waals surface area contributed by atoms with Crippen LogP contribution in [0.1, 0.15) is 17.7 Å². The lowest BCUT2D eigenvalue weighted by atomic mass is 10.1. The summed E-state index contributed by atoms with van der Waals surface area (Å²) in [5.41, 5.74) is 7.45. The van der Waals surface area contributed by atoms with E-state index < -0.39 is 17.3 Å². The van der Waals surface area contributed by atoms with Gasteiger partial charge in [0.2, 0.25) is 0 Å². The lowest BCUT2D eigenvalue weighted by Gasteiger charge is -2.23. The van der Waals surface area contributed by atoms with Crippen LogP contribution in [0.5, 0.6) is 17.2 Å². The number of rotatable bonds is 9. The number of hydrogen-bond donors (Lipinski definition) is 2. The van der Waals surface area contributed by atoms with Crippen LogP contribution in [0.15, 0.2) is 77.7 Å². The Hall–Kier alpha value is -3.16. The molecule has 0 heterocycles. The average Bonchev–Trinajstić information content (AvgIpc) is 2.80. The minimum atomic E-state index is -1.38. The van der Waals surface area contributed by atoms with Crippen LogP contribution in [0.3, 0.4) is 0 Å². The summed E-state index contributed by atoms with van der Waals surface area (Å²) in [6.07, 6.45) is -1.38. The van der Waals surface area contributed by atoms with Gasteiger partial charge in [-0.05, 0) is 55.0 Å². The number of esters is 1. The van der Waals surface area contributed by atoms with Gasteiger partial charge in [-0.3, -0.25) is 0 Å². The Bertz CT molecular complexity index is 995. The normalized spacial score (nSPS) is 12.6. The van der Waals surface area contributed by atoms with Gasteiger partial charge in [0, 0.05) is 10.6 Å². The largest absolute Gasteiger partial charge is 0.497 e. The molecule has 0 aromatic heterocycles. The van der Waals surface area contributed by atoms with E-state index in [0.717, 1.165) is 5.56 Å². The fourth-order valence-electron chi connectivity index (χ4n) is 2.90. The highest BCUT2D eigenvalue weighted by atomic mass is 32.2. The molecule has 2 atom stereocenters. The third-order valence-corrected chi connectivity index (χ3v) is 5.87. The summed E-state index contributed by atoms with van der Waals surface area (Å²) in [5.74, 6) is 1.28. The van der Waals surface area contributed by atoms with Crippen molar-refractivity contribution in [3.63, 3.8) is 0 Å². The van der Waals surface area contributed by atoms with Crippen molar-refractivity contribution in [2.45, 2.75) is 23.2 Å². The summed E-state index contributed by atoms with van der Waals surface area (Å²) < 4.78 is 16.1. The van der Waals surface area contributed by atoms with Crippen LogP contribution in [0.4, 0.5) is 5.69 Å². The number of benzene rings is 3. The standard InChI is InChI=1S/C24H25NO5S/c1-3-29-24(27)22(26)23(16-9-11-17(28-2)12-10-16)31-21-15-19(13-14-20(21)25)30-18-7-5-4-6-8-18/h4-15,22-23,26H,3,25H2,1-2H3. The first-order chi connectivity index (χ1) is 15.0. The van der Waals surface area contributed by atoms with Crippen LogP contribution in [-0.2, 0) is 9.53 Å². The van der Waals surface area contributed by atoms with Crippen molar-refractivity contribution in [1.82, 2.24) is 0 Å². The number of para-hydroxylation sites is 1. The number of aliphatic hydroxyl groups is 1. The number of carbonyl (C=O) groups is 1. The SMILES string of the molecule is CCOC(=O)C(O)C(Sc1cc(Oc2ccccc2)ccc1N)c1ccc(OC)cc1. The number of carbonyl (C=O) groups excluding carboxylic acids is 1. The summed E-state index contributed by atoms with van der Waals surface area (Å²) in [6.45, 7) is 1.88. The van der Waals surface area contributed by atoms with Crippen LogP contribution in [0.25, 0.3) is 0 Å². The second-order valence-electron chi connectivity index (χ2n) is 6.62. The molecular weight excluding hydrogens is 414 g/mol. The van der Waals surface area contributed by atoms with Gasteiger partial charge in [-0.15, -0.1) is 11.8 Å². The Kier molecular flexibility index (Phi) is 7.81. The maximum Gasteiger partial charge on any atom is 0.336 e. The molecule has 3 rings (SSSR count). The molecule has 0 amide bonds. The van der Waals surface area contributed by atoms with Gasteiger partial charge in [0.05, 0.1) is 19.0 Å². The number of nitrogens with two attached hydrogens (primary N) is 1. The smallest absolute Gasteiger partial charge is 0.336 e. The fraction of sp³-hybridized carbons (Fsp3) is 0.208. The summed E-state index contributed by atoms with van der Waals surface area (Å²) in [4.78, 5) is 13.0. The molecule has 0 radical (unpaired) electrons. The quantitative estimate of drug-likeness (QED) is 0.280. The van der Waals surface area contributed by atoms with Gasteiger partial charge in [0.25, 0.3) is 0 Å². The molecule has 0 aliphatic heterocycles. The highest BCUT2D eigenvalue weighted by Gasteiger charge is 2.30. The van der Waals surface area contributed by atoms with Crippen molar-refractivity contribution in [2.24, 2.45) is 0 Å². The Morgan fingerprint density at radius 1 is 1.00 bits per heavy atom. The number of nitrogen functional groups attached to an aromatic ring is 1. The number of ether oxygens (including phenoxy) is 3. The van der Waals surface area contributed by atoms with Crippen molar-refractivity contribution in [3.05, 3.63) is 78.4 Å². The molecule has 0 saturated carbocycles. The van der Waals surface area contributed by atoms with Gasteiger partial charge >= 0.3 is 5.97 Å². The number of aliphatic hydroxyl groups excluding tert-OH is 1.